The average Bonchev–Trinajstić information content (AvgIpc) is 3.17. The van der Waals surface area contributed by atoms with Gasteiger partial charge in [-0.2, -0.15) is 0 Å². The van der Waals surface area contributed by atoms with E-state index in [1.807, 2.05) is 0 Å². The SMILES string of the molecule is Cc1cc(OCCCCNC2CC2)cc(C(C)C)c1. The molecular weight excluding hydrogens is 234 g/mol. The molecule has 0 atom stereocenters. The highest BCUT2D eigenvalue weighted by Gasteiger charge is 2.19. The highest BCUT2D eigenvalue weighted by Crippen LogP contribution is 2.23. The van der Waals surface area contributed by atoms with E-state index in [9.17, 15) is 0 Å². The van der Waals surface area contributed by atoms with Gasteiger partial charge in [-0.15, -0.1) is 0 Å². The maximum absolute atomic E-state index is 5.87. The number of rotatable bonds is 8. The predicted octanol–water partition coefficient (Wildman–Crippen LogP) is 4.03. The van der Waals surface area contributed by atoms with Crippen molar-refractivity contribution in [2.75, 3.05) is 13.2 Å². The third kappa shape index (κ3) is 5.23. The summed E-state index contributed by atoms with van der Waals surface area (Å²) in [6.07, 6.45) is 5.08. The van der Waals surface area contributed by atoms with Gasteiger partial charge in [0.05, 0.1) is 6.61 Å². The third-order valence-corrected chi connectivity index (χ3v) is 3.59. The fourth-order valence-corrected chi connectivity index (χ4v) is 2.20. The van der Waals surface area contributed by atoms with Crippen molar-refractivity contribution in [2.45, 2.75) is 58.4 Å². The molecule has 19 heavy (non-hydrogen) atoms. The van der Waals surface area contributed by atoms with Crippen molar-refractivity contribution in [3.8, 4) is 5.75 Å². The van der Waals surface area contributed by atoms with Crippen LogP contribution in [-0.4, -0.2) is 19.2 Å². The lowest BCUT2D eigenvalue weighted by Crippen LogP contribution is -2.17. The number of hydrogen-bond donors (Lipinski definition) is 1. The Hall–Kier alpha value is -1.02. The molecule has 0 radical (unpaired) electrons. The second kappa shape index (κ2) is 6.95. The molecule has 1 fully saturated rings. The van der Waals surface area contributed by atoms with Crippen molar-refractivity contribution in [3.63, 3.8) is 0 Å². The molecule has 0 heterocycles. The number of unbranched alkanes of at least 4 members (excludes halogenated alkanes) is 1. The van der Waals surface area contributed by atoms with E-state index in [-0.39, 0.29) is 0 Å². The van der Waals surface area contributed by atoms with Crippen molar-refractivity contribution in [1.82, 2.24) is 5.32 Å². The Labute approximate surface area is 117 Å². The molecule has 0 unspecified atom stereocenters. The Morgan fingerprint density at radius 3 is 2.68 bits per heavy atom. The lowest BCUT2D eigenvalue weighted by molar-refractivity contribution is 0.305. The van der Waals surface area contributed by atoms with Crippen LogP contribution in [0.15, 0.2) is 18.2 Å². The Morgan fingerprint density at radius 2 is 2.00 bits per heavy atom. The number of benzene rings is 1. The molecular formula is C17H27NO. The van der Waals surface area contributed by atoms with Crippen LogP contribution in [0.3, 0.4) is 0 Å². The third-order valence-electron chi connectivity index (χ3n) is 3.59. The quantitative estimate of drug-likeness (QED) is 0.713. The fraction of sp³-hybridized carbons (Fsp3) is 0.647. The van der Waals surface area contributed by atoms with Crippen LogP contribution in [-0.2, 0) is 0 Å². The number of nitrogens with one attached hydrogen (secondary N) is 1. The maximum Gasteiger partial charge on any atom is 0.119 e. The van der Waals surface area contributed by atoms with Crippen molar-refractivity contribution in [2.24, 2.45) is 0 Å². The van der Waals surface area contributed by atoms with Crippen LogP contribution in [0, 0.1) is 6.92 Å². The summed E-state index contributed by atoms with van der Waals surface area (Å²) in [5.74, 6) is 1.59. The summed E-state index contributed by atoms with van der Waals surface area (Å²) >= 11 is 0. The van der Waals surface area contributed by atoms with Gasteiger partial charge in [-0.3, -0.25) is 0 Å². The molecule has 0 spiro atoms. The normalized spacial score (nSPS) is 14.9. The van der Waals surface area contributed by atoms with Gasteiger partial charge < -0.3 is 10.1 Å². The topological polar surface area (TPSA) is 21.3 Å². The van der Waals surface area contributed by atoms with Gasteiger partial charge in [-0.25, -0.2) is 0 Å². The zero-order valence-electron chi connectivity index (χ0n) is 12.5. The van der Waals surface area contributed by atoms with Gasteiger partial charge in [0.2, 0.25) is 0 Å². The molecule has 0 saturated heterocycles. The molecule has 1 aromatic carbocycles. The molecule has 0 aliphatic heterocycles. The molecule has 0 amide bonds. The first-order chi connectivity index (χ1) is 9.15. The van der Waals surface area contributed by atoms with Gasteiger partial charge >= 0.3 is 0 Å². The zero-order valence-corrected chi connectivity index (χ0v) is 12.5. The zero-order chi connectivity index (χ0) is 13.7. The van der Waals surface area contributed by atoms with E-state index < -0.39 is 0 Å². The van der Waals surface area contributed by atoms with Gasteiger partial charge in [0, 0.05) is 6.04 Å². The van der Waals surface area contributed by atoms with E-state index in [0.29, 0.717) is 5.92 Å². The van der Waals surface area contributed by atoms with E-state index in [1.54, 1.807) is 0 Å². The van der Waals surface area contributed by atoms with Crippen LogP contribution in [0.25, 0.3) is 0 Å². The van der Waals surface area contributed by atoms with E-state index >= 15 is 0 Å². The second-order valence-corrected chi connectivity index (χ2v) is 6.02. The van der Waals surface area contributed by atoms with E-state index in [2.05, 4.69) is 44.3 Å². The molecule has 0 bridgehead atoms. The summed E-state index contributed by atoms with van der Waals surface area (Å²) in [6, 6.07) is 7.39. The van der Waals surface area contributed by atoms with Gasteiger partial charge in [-0.1, -0.05) is 19.9 Å². The van der Waals surface area contributed by atoms with Crippen LogP contribution < -0.4 is 10.1 Å². The average molecular weight is 261 g/mol. The Balaban J connectivity index is 1.69. The van der Waals surface area contributed by atoms with Crippen molar-refractivity contribution < 1.29 is 4.74 Å². The summed E-state index contributed by atoms with van der Waals surface area (Å²) in [6.45, 7) is 8.55. The first-order valence-electron chi connectivity index (χ1n) is 7.63. The minimum Gasteiger partial charge on any atom is -0.494 e. The summed E-state index contributed by atoms with van der Waals surface area (Å²) < 4.78 is 5.87. The van der Waals surface area contributed by atoms with E-state index in [1.165, 1.54) is 30.4 Å². The molecule has 2 heteroatoms. The fourth-order valence-electron chi connectivity index (χ4n) is 2.20. The second-order valence-electron chi connectivity index (χ2n) is 6.02. The van der Waals surface area contributed by atoms with Crippen LogP contribution in [0.5, 0.6) is 5.75 Å². The highest BCUT2D eigenvalue weighted by molar-refractivity contribution is 5.35. The first kappa shape index (κ1) is 14.4. The van der Waals surface area contributed by atoms with Crippen LogP contribution in [0.4, 0.5) is 0 Å². The highest BCUT2D eigenvalue weighted by atomic mass is 16.5. The molecule has 1 aliphatic carbocycles. The largest absolute Gasteiger partial charge is 0.494 e. The van der Waals surface area contributed by atoms with Gasteiger partial charge in [0.25, 0.3) is 0 Å². The van der Waals surface area contributed by atoms with E-state index in [4.69, 9.17) is 4.74 Å². The van der Waals surface area contributed by atoms with Gasteiger partial charge in [0.1, 0.15) is 5.75 Å². The lowest BCUT2D eigenvalue weighted by atomic mass is 10.0. The van der Waals surface area contributed by atoms with Crippen molar-refractivity contribution in [1.29, 1.82) is 0 Å². The standard InChI is InChI=1S/C17H27NO/c1-13(2)15-10-14(3)11-17(12-15)19-9-5-4-8-18-16-6-7-16/h10-13,16,18H,4-9H2,1-3H3. The van der Waals surface area contributed by atoms with E-state index in [0.717, 1.165) is 31.4 Å². The Kier molecular flexibility index (Phi) is 5.26. The predicted molar refractivity (Wildman–Crippen MR) is 81.0 cm³/mol. The summed E-state index contributed by atoms with van der Waals surface area (Å²) in [5.41, 5.74) is 2.65. The van der Waals surface area contributed by atoms with Crippen LogP contribution >= 0.6 is 0 Å². The van der Waals surface area contributed by atoms with Crippen LogP contribution in [0.2, 0.25) is 0 Å². The number of aryl methyl sites for hydroxylation is 1. The molecule has 0 aromatic heterocycles. The lowest BCUT2D eigenvalue weighted by Gasteiger charge is -2.12. The van der Waals surface area contributed by atoms with Crippen molar-refractivity contribution >= 4 is 0 Å². The molecule has 1 N–H and O–H groups in total. The Morgan fingerprint density at radius 1 is 1.21 bits per heavy atom. The van der Waals surface area contributed by atoms with Crippen molar-refractivity contribution in [3.05, 3.63) is 29.3 Å². The Bertz CT molecular complexity index is 396. The summed E-state index contributed by atoms with van der Waals surface area (Å²) in [4.78, 5) is 0. The monoisotopic (exact) mass is 261 g/mol. The molecule has 1 aromatic rings. The first-order valence-corrected chi connectivity index (χ1v) is 7.63. The number of hydrogen-bond acceptors (Lipinski definition) is 2. The molecule has 2 rings (SSSR count). The van der Waals surface area contributed by atoms with Crippen LogP contribution in [0.1, 0.15) is 56.6 Å². The van der Waals surface area contributed by atoms with Gasteiger partial charge in [0.15, 0.2) is 0 Å². The molecule has 106 valence electrons. The minimum atomic E-state index is 0.560. The summed E-state index contributed by atoms with van der Waals surface area (Å²) in [7, 11) is 0. The maximum atomic E-state index is 5.87. The van der Waals surface area contributed by atoms with Gasteiger partial charge in [-0.05, 0) is 68.3 Å². The minimum absolute atomic E-state index is 0.560. The molecule has 2 nitrogen and oxygen atoms in total. The smallest absolute Gasteiger partial charge is 0.119 e. The number of ether oxygens (including phenoxy) is 1. The molecule has 1 saturated carbocycles. The molecule has 1 aliphatic rings. The summed E-state index contributed by atoms with van der Waals surface area (Å²) in [5, 5.41) is 3.53.